The molecule has 0 atom stereocenters. The number of aromatic amines is 1. The molecule has 2 aromatic rings. The van der Waals surface area contributed by atoms with Crippen LogP contribution in [0.5, 0.6) is 0 Å². The van der Waals surface area contributed by atoms with Crippen molar-refractivity contribution in [2.24, 2.45) is 0 Å². The summed E-state index contributed by atoms with van der Waals surface area (Å²) in [4.78, 5) is 0. The fraction of sp³-hybridized carbons (Fsp3) is 0.333. The SMILES string of the molecule is CCCn1c(-c2cc(Br)sc2Br)n[nH]c1=S. The molecule has 16 heavy (non-hydrogen) atoms. The van der Waals surface area contributed by atoms with Gasteiger partial charge in [0.2, 0.25) is 0 Å². The number of rotatable bonds is 3. The first-order valence-electron chi connectivity index (χ1n) is 4.74. The van der Waals surface area contributed by atoms with Gasteiger partial charge in [-0.15, -0.1) is 11.3 Å². The highest BCUT2D eigenvalue weighted by Gasteiger charge is 2.14. The van der Waals surface area contributed by atoms with E-state index in [1.165, 1.54) is 0 Å². The van der Waals surface area contributed by atoms with Crippen molar-refractivity contribution >= 4 is 55.4 Å². The number of hydrogen-bond donors (Lipinski definition) is 1. The van der Waals surface area contributed by atoms with Gasteiger partial charge in [-0.25, -0.2) is 0 Å². The number of H-pyrrole nitrogens is 1. The van der Waals surface area contributed by atoms with Crippen molar-refractivity contribution in [3.05, 3.63) is 18.4 Å². The molecular formula is C9H9Br2N3S2. The van der Waals surface area contributed by atoms with Crippen LogP contribution in [0, 0.1) is 4.77 Å². The van der Waals surface area contributed by atoms with Crippen LogP contribution in [0.4, 0.5) is 0 Å². The summed E-state index contributed by atoms with van der Waals surface area (Å²) in [5.74, 6) is 0.890. The van der Waals surface area contributed by atoms with Gasteiger partial charge in [0.25, 0.3) is 0 Å². The maximum absolute atomic E-state index is 5.21. The standard InChI is InChI=1S/C9H9Br2N3S2/c1-2-3-14-8(12-13-9(14)15)5-4-6(10)16-7(5)11/h4H,2-3H2,1H3,(H,13,15). The average molecular weight is 383 g/mol. The summed E-state index contributed by atoms with van der Waals surface area (Å²) in [6.07, 6.45) is 1.03. The normalized spacial score (nSPS) is 10.9. The van der Waals surface area contributed by atoms with Crippen LogP contribution in [-0.2, 0) is 6.54 Å². The first-order valence-corrected chi connectivity index (χ1v) is 7.55. The Labute approximate surface area is 119 Å². The van der Waals surface area contributed by atoms with E-state index in [-0.39, 0.29) is 0 Å². The summed E-state index contributed by atoms with van der Waals surface area (Å²) in [6, 6.07) is 2.05. The van der Waals surface area contributed by atoms with Gasteiger partial charge in [0.05, 0.1) is 7.57 Å². The van der Waals surface area contributed by atoms with Gasteiger partial charge in [-0.3, -0.25) is 5.10 Å². The highest BCUT2D eigenvalue weighted by molar-refractivity contribution is 9.12. The van der Waals surface area contributed by atoms with Gasteiger partial charge in [0.1, 0.15) is 0 Å². The van der Waals surface area contributed by atoms with Crippen molar-refractivity contribution in [2.45, 2.75) is 19.9 Å². The van der Waals surface area contributed by atoms with E-state index in [1.54, 1.807) is 11.3 Å². The third-order valence-corrected chi connectivity index (χ3v) is 4.75. The number of halogens is 2. The van der Waals surface area contributed by atoms with E-state index in [9.17, 15) is 0 Å². The number of nitrogens with zero attached hydrogens (tertiary/aromatic N) is 2. The molecule has 7 heteroatoms. The molecule has 0 aliphatic carbocycles. The van der Waals surface area contributed by atoms with Gasteiger partial charge < -0.3 is 4.57 Å². The van der Waals surface area contributed by atoms with Crippen LogP contribution in [0.1, 0.15) is 13.3 Å². The zero-order valence-corrected chi connectivity index (χ0v) is 13.3. The number of nitrogens with one attached hydrogen (secondary N) is 1. The molecule has 1 N–H and O–H groups in total. The molecule has 0 bridgehead atoms. The Bertz CT molecular complexity index is 555. The minimum Gasteiger partial charge on any atom is -0.300 e. The second-order valence-electron chi connectivity index (χ2n) is 3.24. The smallest absolute Gasteiger partial charge is 0.195 e. The van der Waals surface area contributed by atoms with Crippen LogP contribution in [0.3, 0.4) is 0 Å². The lowest BCUT2D eigenvalue weighted by Gasteiger charge is -2.03. The van der Waals surface area contributed by atoms with Crippen LogP contribution in [-0.4, -0.2) is 14.8 Å². The Balaban J connectivity index is 2.55. The van der Waals surface area contributed by atoms with Crippen molar-refractivity contribution in [1.82, 2.24) is 14.8 Å². The van der Waals surface area contributed by atoms with Gasteiger partial charge in [-0.05, 0) is 56.6 Å². The Hall–Kier alpha value is 0.0200. The predicted molar refractivity (Wildman–Crippen MR) is 76.4 cm³/mol. The maximum atomic E-state index is 5.21. The lowest BCUT2D eigenvalue weighted by Crippen LogP contribution is -1.99. The van der Waals surface area contributed by atoms with Gasteiger partial charge in [-0.1, -0.05) is 6.92 Å². The molecule has 0 amide bonds. The van der Waals surface area contributed by atoms with Gasteiger partial charge in [-0.2, -0.15) is 5.10 Å². The molecule has 0 aliphatic heterocycles. The molecule has 0 fully saturated rings. The fourth-order valence-corrected chi connectivity index (χ4v) is 4.46. The summed E-state index contributed by atoms with van der Waals surface area (Å²) in [7, 11) is 0. The molecule has 3 nitrogen and oxygen atoms in total. The third-order valence-electron chi connectivity index (χ3n) is 2.10. The van der Waals surface area contributed by atoms with E-state index in [2.05, 4.69) is 49.0 Å². The molecule has 2 heterocycles. The van der Waals surface area contributed by atoms with Crippen molar-refractivity contribution in [1.29, 1.82) is 0 Å². The van der Waals surface area contributed by atoms with Gasteiger partial charge in [0, 0.05) is 12.1 Å². The topological polar surface area (TPSA) is 33.6 Å². The van der Waals surface area contributed by atoms with Crippen molar-refractivity contribution in [3.63, 3.8) is 0 Å². The lowest BCUT2D eigenvalue weighted by molar-refractivity contribution is 0.675. The van der Waals surface area contributed by atoms with Gasteiger partial charge >= 0.3 is 0 Å². The van der Waals surface area contributed by atoms with Crippen LogP contribution in [0.25, 0.3) is 11.4 Å². The fourth-order valence-electron chi connectivity index (χ4n) is 1.45. The Morgan fingerprint density at radius 1 is 1.56 bits per heavy atom. The maximum Gasteiger partial charge on any atom is 0.195 e. The van der Waals surface area contributed by atoms with Crippen LogP contribution in [0.15, 0.2) is 13.6 Å². The summed E-state index contributed by atoms with van der Waals surface area (Å²) in [6.45, 7) is 3.00. The van der Waals surface area contributed by atoms with Crippen LogP contribution < -0.4 is 0 Å². The van der Waals surface area contributed by atoms with E-state index in [0.29, 0.717) is 4.77 Å². The number of hydrogen-bond acceptors (Lipinski definition) is 3. The first-order chi connectivity index (χ1) is 7.63. The highest BCUT2D eigenvalue weighted by Crippen LogP contribution is 2.37. The monoisotopic (exact) mass is 381 g/mol. The summed E-state index contributed by atoms with van der Waals surface area (Å²) in [5, 5.41) is 7.12. The van der Waals surface area contributed by atoms with E-state index in [1.807, 2.05) is 10.6 Å². The Morgan fingerprint density at radius 2 is 2.31 bits per heavy atom. The number of thiophene rings is 1. The van der Waals surface area contributed by atoms with E-state index in [0.717, 1.165) is 31.9 Å². The van der Waals surface area contributed by atoms with Crippen molar-refractivity contribution in [3.8, 4) is 11.4 Å². The Kier molecular flexibility index (Phi) is 3.99. The lowest BCUT2D eigenvalue weighted by atomic mass is 10.3. The van der Waals surface area contributed by atoms with Crippen LogP contribution in [0.2, 0.25) is 0 Å². The molecule has 0 saturated heterocycles. The van der Waals surface area contributed by atoms with Crippen LogP contribution >= 0.6 is 55.4 Å². The summed E-state index contributed by atoms with van der Waals surface area (Å²) >= 11 is 13.8. The van der Waals surface area contributed by atoms with Gasteiger partial charge in [0.15, 0.2) is 10.6 Å². The van der Waals surface area contributed by atoms with Crippen molar-refractivity contribution < 1.29 is 0 Å². The van der Waals surface area contributed by atoms with E-state index >= 15 is 0 Å². The third kappa shape index (κ3) is 2.32. The molecule has 0 aliphatic rings. The molecule has 0 spiro atoms. The van der Waals surface area contributed by atoms with E-state index < -0.39 is 0 Å². The molecule has 0 aromatic carbocycles. The molecule has 0 unspecified atom stereocenters. The number of aromatic nitrogens is 3. The summed E-state index contributed by atoms with van der Waals surface area (Å²) < 4.78 is 4.83. The molecular weight excluding hydrogens is 374 g/mol. The molecule has 86 valence electrons. The quantitative estimate of drug-likeness (QED) is 0.786. The molecule has 0 saturated carbocycles. The second-order valence-corrected chi connectivity index (χ2v) is 7.38. The molecule has 2 rings (SSSR count). The first kappa shape index (κ1) is 12.5. The zero-order valence-electron chi connectivity index (χ0n) is 8.46. The largest absolute Gasteiger partial charge is 0.300 e. The minimum absolute atomic E-state index is 0.672. The second kappa shape index (κ2) is 5.12. The molecule has 2 aromatic heterocycles. The summed E-state index contributed by atoms with van der Waals surface area (Å²) in [5.41, 5.74) is 1.07. The minimum atomic E-state index is 0.672. The highest BCUT2D eigenvalue weighted by atomic mass is 79.9. The zero-order chi connectivity index (χ0) is 11.7. The predicted octanol–water partition coefficient (Wildman–Crippen LogP) is 4.60. The van der Waals surface area contributed by atoms with Crippen molar-refractivity contribution in [2.75, 3.05) is 0 Å². The molecule has 0 radical (unpaired) electrons. The van der Waals surface area contributed by atoms with E-state index in [4.69, 9.17) is 12.2 Å². The Morgan fingerprint density at radius 3 is 2.88 bits per heavy atom. The average Bonchev–Trinajstić information content (AvgIpc) is 2.73.